The maximum absolute atomic E-state index is 9.84. The molecule has 124 valence electrons. The normalized spacial score (nSPS) is 48.3. The summed E-state index contributed by atoms with van der Waals surface area (Å²) in [5.74, 6) is 0. The van der Waals surface area contributed by atoms with Crippen LogP contribution in [-0.4, -0.2) is 106 Å². The zero-order valence-electron chi connectivity index (χ0n) is 11.4. The summed E-state index contributed by atoms with van der Waals surface area (Å²) >= 11 is 0. The number of aliphatic hydroxyl groups excluding tert-OH is 6. The molecule has 0 spiro atoms. The van der Waals surface area contributed by atoms with Crippen molar-refractivity contribution in [3.63, 3.8) is 0 Å². The second-order valence-corrected chi connectivity index (χ2v) is 5.46. The fourth-order valence-electron chi connectivity index (χ4n) is 2.55. The van der Waals surface area contributed by atoms with Gasteiger partial charge in [-0.1, -0.05) is 0 Å². The first kappa shape index (κ1) is 17.0. The van der Waals surface area contributed by atoms with Gasteiger partial charge in [-0.2, -0.15) is 0 Å². The van der Waals surface area contributed by atoms with Crippen LogP contribution >= 0.6 is 0 Å². The Morgan fingerprint density at radius 3 is 2.24 bits per heavy atom. The zero-order valence-corrected chi connectivity index (χ0v) is 11.4. The van der Waals surface area contributed by atoms with Crippen LogP contribution in [0.4, 0.5) is 0 Å². The largest absolute Gasteiger partial charge is 0.394 e. The molecule has 2 heterocycles. The molecule has 21 heavy (non-hydrogen) atoms. The minimum absolute atomic E-state index is 0.155. The summed E-state index contributed by atoms with van der Waals surface area (Å²) in [7, 11) is 0. The van der Waals surface area contributed by atoms with E-state index in [-0.39, 0.29) is 13.2 Å². The van der Waals surface area contributed by atoms with Crippen LogP contribution in [-0.2, 0) is 9.47 Å². The highest BCUT2D eigenvalue weighted by Gasteiger charge is 2.44. The Morgan fingerprint density at radius 1 is 0.905 bits per heavy atom. The molecule has 2 fully saturated rings. The van der Waals surface area contributed by atoms with Gasteiger partial charge in [0.05, 0.1) is 25.4 Å². The fraction of sp³-hybridized carbons (Fsp3) is 1.00. The van der Waals surface area contributed by atoms with Crippen molar-refractivity contribution in [2.45, 2.75) is 48.8 Å². The minimum atomic E-state index is -1.45. The highest BCUT2D eigenvalue weighted by atomic mass is 16.6. The van der Waals surface area contributed by atoms with Crippen LogP contribution in [0.25, 0.3) is 0 Å². The van der Waals surface area contributed by atoms with Crippen molar-refractivity contribution in [1.29, 1.82) is 0 Å². The SMILES string of the molecule is OC[C@H]1O[C@H](CO[C@H]2CNC[C@@H](O)[C@@H]2O)[C@@H](O)[C@@H](O)[C@@H]1O. The van der Waals surface area contributed by atoms with Crippen LogP contribution in [0.3, 0.4) is 0 Å². The van der Waals surface area contributed by atoms with E-state index in [1.807, 2.05) is 0 Å². The Kier molecular flexibility index (Phi) is 5.88. The Balaban J connectivity index is 1.89. The number of piperidine rings is 1. The van der Waals surface area contributed by atoms with Crippen molar-refractivity contribution in [1.82, 2.24) is 5.32 Å². The molecule has 0 aromatic carbocycles. The first-order valence-electron chi connectivity index (χ1n) is 6.94. The molecule has 2 aliphatic rings. The van der Waals surface area contributed by atoms with Crippen molar-refractivity contribution >= 4 is 0 Å². The molecule has 2 rings (SSSR count). The molecule has 7 N–H and O–H groups in total. The fourth-order valence-corrected chi connectivity index (χ4v) is 2.55. The number of aliphatic hydroxyl groups is 6. The van der Waals surface area contributed by atoms with E-state index in [4.69, 9.17) is 14.6 Å². The number of β-amino-alcohol motifs (C(OH)–C–C–N with tert-alkyl or cyclic N) is 1. The quantitative estimate of drug-likeness (QED) is 0.272. The van der Waals surface area contributed by atoms with E-state index >= 15 is 0 Å². The maximum atomic E-state index is 9.84. The molecule has 0 aliphatic carbocycles. The minimum Gasteiger partial charge on any atom is -0.394 e. The van der Waals surface area contributed by atoms with E-state index in [1.54, 1.807) is 0 Å². The summed E-state index contributed by atoms with van der Waals surface area (Å²) in [5, 5.41) is 60.4. The molecule has 8 atom stereocenters. The van der Waals surface area contributed by atoms with Gasteiger partial charge < -0.3 is 45.4 Å². The van der Waals surface area contributed by atoms with Crippen LogP contribution in [0.5, 0.6) is 0 Å². The van der Waals surface area contributed by atoms with Crippen LogP contribution in [0, 0.1) is 0 Å². The lowest BCUT2D eigenvalue weighted by Gasteiger charge is -2.41. The zero-order chi connectivity index (χ0) is 15.6. The molecule has 0 unspecified atom stereocenters. The molecule has 0 amide bonds. The molecule has 9 nitrogen and oxygen atoms in total. The van der Waals surface area contributed by atoms with E-state index < -0.39 is 55.4 Å². The van der Waals surface area contributed by atoms with E-state index in [9.17, 15) is 25.5 Å². The van der Waals surface area contributed by atoms with Gasteiger partial charge >= 0.3 is 0 Å². The molecule has 9 heteroatoms. The number of rotatable bonds is 4. The van der Waals surface area contributed by atoms with Gasteiger partial charge in [0.25, 0.3) is 0 Å². The van der Waals surface area contributed by atoms with E-state index in [0.717, 1.165) is 0 Å². The van der Waals surface area contributed by atoms with Crippen LogP contribution in [0.2, 0.25) is 0 Å². The lowest BCUT2D eigenvalue weighted by molar-refractivity contribution is -0.245. The Hall–Kier alpha value is -0.360. The average Bonchev–Trinajstić information content (AvgIpc) is 2.48. The van der Waals surface area contributed by atoms with Gasteiger partial charge in [-0.3, -0.25) is 0 Å². The second-order valence-electron chi connectivity index (χ2n) is 5.46. The lowest BCUT2D eigenvalue weighted by Crippen LogP contribution is -2.60. The summed E-state index contributed by atoms with van der Waals surface area (Å²) in [6.45, 7) is -0.0674. The standard InChI is InChI=1S/C12H23NO8/c14-3-7-10(17)12(19)11(18)8(21-7)4-20-6-2-13-1-5(15)9(6)16/h5-19H,1-4H2/t5-,6+,7-,8-,9+,10-,11-,12+/m1/s1. The van der Waals surface area contributed by atoms with E-state index in [2.05, 4.69) is 5.32 Å². The van der Waals surface area contributed by atoms with Gasteiger partial charge in [-0.05, 0) is 0 Å². The van der Waals surface area contributed by atoms with Gasteiger partial charge in [0.15, 0.2) is 0 Å². The van der Waals surface area contributed by atoms with Crippen molar-refractivity contribution in [3.05, 3.63) is 0 Å². The third-order valence-corrected chi connectivity index (χ3v) is 3.94. The van der Waals surface area contributed by atoms with Crippen molar-refractivity contribution in [3.8, 4) is 0 Å². The number of hydrogen-bond donors (Lipinski definition) is 7. The van der Waals surface area contributed by atoms with Gasteiger partial charge in [0, 0.05) is 13.1 Å². The van der Waals surface area contributed by atoms with Crippen molar-refractivity contribution < 1.29 is 40.1 Å². The monoisotopic (exact) mass is 309 g/mol. The average molecular weight is 309 g/mol. The number of nitrogens with one attached hydrogen (secondary N) is 1. The number of hydrogen-bond acceptors (Lipinski definition) is 9. The second kappa shape index (κ2) is 7.27. The molecule has 2 aliphatic heterocycles. The highest BCUT2D eigenvalue weighted by Crippen LogP contribution is 2.22. The van der Waals surface area contributed by atoms with Gasteiger partial charge in [-0.15, -0.1) is 0 Å². The smallest absolute Gasteiger partial charge is 0.111 e. The molecular weight excluding hydrogens is 286 g/mol. The summed E-state index contributed by atoms with van der Waals surface area (Å²) in [6.07, 6.45) is -8.87. The molecule has 2 saturated heterocycles. The third kappa shape index (κ3) is 3.70. The summed E-state index contributed by atoms with van der Waals surface area (Å²) in [5.41, 5.74) is 0. The van der Waals surface area contributed by atoms with Gasteiger partial charge in [0.2, 0.25) is 0 Å². The van der Waals surface area contributed by atoms with E-state index in [0.29, 0.717) is 6.54 Å². The number of ether oxygens (including phenoxy) is 2. The molecule has 0 saturated carbocycles. The predicted molar refractivity (Wildman–Crippen MR) is 68.4 cm³/mol. The van der Waals surface area contributed by atoms with Crippen molar-refractivity contribution in [2.75, 3.05) is 26.3 Å². The molecular formula is C12H23NO8. The van der Waals surface area contributed by atoms with Gasteiger partial charge in [0.1, 0.15) is 36.6 Å². The maximum Gasteiger partial charge on any atom is 0.111 e. The third-order valence-electron chi connectivity index (χ3n) is 3.94. The van der Waals surface area contributed by atoms with Gasteiger partial charge in [-0.25, -0.2) is 0 Å². The molecule has 0 aromatic heterocycles. The highest BCUT2D eigenvalue weighted by molar-refractivity contribution is 4.92. The Bertz CT molecular complexity index is 330. The summed E-state index contributed by atoms with van der Waals surface area (Å²) in [6, 6.07) is 0. The molecule has 0 radical (unpaired) electrons. The lowest BCUT2D eigenvalue weighted by atomic mass is 9.95. The first-order valence-corrected chi connectivity index (χ1v) is 6.94. The summed E-state index contributed by atoms with van der Waals surface area (Å²) in [4.78, 5) is 0. The Morgan fingerprint density at radius 2 is 1.57 bits per heavy atom. The Labute approximate surface area is 121 Å². The topological polar surface area (TPSA) is 152 Å². The van der Waals surface area contributed by atoms with E-state index in [1.165, 1.54) is 0 Å². The predicted octanol–water partition coefficient (Wildman–Crippen LogP) is -4.46. The first-order chi connectivity index (χ1) is 9.95. The summed E-state index contributed by atoms with van der Waals surface area (Å²) < 4.78 is 10.7. The van der Waals surface area contributed by atoms with Crippen LogP contribution in [0.15, 0.2) is 0 Å². The van der Waals surface area contributed by atoms with Crippen molar-refractivity contribution in [2.24, 2.45) is 0 Å². The molecule has 0 aromatic rings. The van der Waals surface area contributed by atoms with Crippen LogP contribution in [0.1, 0.15) is 0 Å². The van der Waals surface area contributed by atoms with Crippen LogP contribution < -0.4 is 5.32 Å². The molecule has 0 bridgehead atoms.